The number of alkyl halides is 2. The molecule has 0 unspecified atom stereocenters. The Morgan fingerprint density at radius 3 is 2.86 bits per heavy atom. The first-order valence-electron chi connectivity index (χ1n) is 3.97. The normalized spacial score (nSPS) is 11.4. The molecule has 1 aromatic rings. The SMILES string of the molecule is Nc1ccnc(NCC(F)(F)CO)c1. The number of nitrogens with one attached hydrogen (secondary N) is 1. The summed E-state index contributed by atoms with van der Waals surface area (Å²) in [5, 5.41) is 10.7. The molecule has 1 heterocycles. The van der Waals surface area contributed by atoms with Gasteiger partial charge in [-0.3, -0.25) is 0 Å². The van der Waals surface area contributed by atoms with Crippen LogP contribution in [0, 0.1) is 0 Å². The van der Waals surface area contributed by atoms with Gasteiger partial charge < -0.3 is 16.2 Å². The van der Waals surface area contributed by atoms with Crippen molar-refractivity contribution < 1.29 is 13.9 Å². The molecule has 0 spiro atoms. The van der Waals surface area contributed by atoms with Crippen LogP contribution in [0.3, 0.4) is 0 Å². The van der Waals surface area contributed by atoms with Crippen molar-refractivity contribution in [3.05, 3.63) is 18.3 Å². The average Bonchev–Trinajstić information content (AvgIpc) is 2.15. The standard InChI is InChI=1S/C8H11F2N3O/c9-8(10,5-14)4-13-7-3-6(11)1-2-12-7/h1-3,14H,4-5H2,(H3,11,12,13). The van der Waals surface area contributed by atoms with Crippen molar-refractivity contribution in [2.45, 2.75) is 5.92 Å². The van der Waals surface area contributed by atoms with Gasteiger partial charge in [0.15, 0.2) is 0 Å². The number of halogens is 2. The molecule has 1 aromatic heterocycles. The first-order valence-corrected chi connectivity index (χ1v) is 3.97. The number of hydrogen-bond acceptors (Lipinski definition) is 4. The van der Waals surface area contributed by atoms with Gasteiger partial charge in [0.1, 0.15) is 12.4 Å². The van der Waals surface area contributed by atoms with Crippen LogP contribution in [0.2, 0.25) is 0 Å². The minimum Gasteiger partial charge on any atom is -0.399 e. The smallest absolute Gasteiger partial charge is 0.287 e. The van der Waals surface area contributed by atoms with Gasteiger partial charge in [-0.25, -0.2) is 13.8 Å². The van der Waals surface area contributed by atoms with Gasteiger partial charge in [0.05, 0.1) is 6.54 Å². The lowest BCUT2D eigenvalue weighted by molar-refractivity contribution is -0.0373. The Morgan fingerprint density at radius 2 is 2.29 bits per heavy atom. The van der Waals surface area contributed by atoms with Crippen molar-refractivity contribution in [1.29, 1.82) is 0 Å². The number of aliphatic hydroxyl groups is 1. The van der Waals surface area contributed by atoms with Gasteiger partial charge in [0.25, 0.3) is 5.92 Å². The Hall–Kier alpha value is -1.43. The van der Waals surface area contributed by atoms with Crippen LogP contribution in [-0.4, -0.2) is 29.2 Å². The summed E-state index contributed by atoms with van der Waals surface area (Å²) in [6, 6.07) is 2.99. The van der Waals surface area contributed by atoms with E-state index in [0.717, 1.165) is 0 Å². The first kappa shape index (κ1) is 10.6. The van der Waals surface area contributed by atoms with Crippen LogP contribution >= 0.6 is 0 Å². The van der Waals surface area contributed by atoms with Crippen molar-refractivity contribution in [2.24, 2.45) is 0 Å². The second-order valence-corrected chi connectivity index (χ2v) is 2.84. The number of nitrogen functional groups attached to an aromatic ring is 1. The summed E-state index contributed by atoms with van der Waals surface area (Å²) < 4.78 is 25.1. The van der Waals surface area contributed by atoms with Crippen LogP contribution in [0.4, 0.5) is 20.3 Å². The molecule has 0 amide bonds. The summed E-state index contributed by atoms with van der Waals surface area (Å²) in [7, 11) is 0. The molecule has 0 bridgehead atoms. The lowest BCUT2D eigenvalue weighted by atomic mass is 10.3. The Bertz CT molecular complexity index is 306. The molecule has 0 aromatic carbocycles. The number of aliphatic hydroxyl groups excluding tert-OH is 1. The highest BCUT2D eigenvalue weighted by Crippen LogP contribution is 2.14. The summed E-state index contributed by atoms with van der Waals surface area (Å²) in [5.41, 5.74) is 5.85. The highest BCUT2D eigenvalue weighted by Gasteiger charge is 2.27. The molecule has 0 aliphatic heterocycles. The monoisotopic (exact) mass is 203 g/mol. The van der Waals surface area contributed by atoms with Crippen LogP contribution in [0.15, 0.2) is 18.3 Å². The zero-order valence-electron chi connectivity index (χ0n) is 7.37. The second kappa shape index (κ2) is 4.19. The summed E-state index contributed by atoms with van der Waals surface area (Å²) in [5.74, 6) is -2.88. The van der Waals surface area contributed by atoms with Crippen molar-refractivity contribution in [3.8, 4) is 0 Å². The molecule has 4 N–H and O–H groups in total. The van der Waals surface area contributed by atoms with Crippen LogP contribution in [-0.2, 0) is 0 Å². The molecule has 78 valence electrons. The minimum atomic E-state index is -3.15. The third-order valence-corrected chi connectivity index (χ3v) is 1.54. The quantitative estimate of drug-likeness (QED) is 0.673. The topological polar surface area (TPSA) is 71.2 Å². The summed E-state index contributed by atoms with van der Waals surface area (Å²) in [6.07, 6.45) is 1.41. The number of nitrogens with zero attached hydrogens (tertiary/aromatic N) is 1. The van der Waals surface area contributed by atoms with Gasteiger partial charge in [-0.15, -0.1) is 0 Å². The van der Waals surface area contributed by atoms with E-state index in [9.17, 15) is 8.78 Å². The van der Waals surface area contributed by atoms with E-state index in [0.29, 0.717) is 5.69 Å². The van der Waals surface area contributed by atoms with Crippen molar-refractivity contribution in [1.82, 2.24) is 4.98 Å². The highest BCUT2D eigenvalue weighted by atomic mass is 19.3. The fraction of sp³-hybridized carbons (Fsp3) is 0.375. The third-order valence-electron chi connectivity index (χ3n) is 1.54. The molecule has 14 heavy (non-hydrogen) atoms. The first-order chi connectivity index (χ1) is 6.53. The predicted octanol–water partition coefficient (Wildman–Crippen LogP) is 0.703. The third kappa shape index (κ3) is 3.14. The van der Waals surface area contributed by atoms with E-state index in [1.165, 1.54) is 12.3 Å². The molecular formula is C8H11F2N3O. The largest absolute Gasteiger partial charge is 0.399 e. The van der Waals surface area contributed by atoms with Crippen molar-refractivity contribution in [2.75, 3.05) is 24.2 Å². The molecule has 0 aliphatic rings. The molecule has 0 saturated heterocycles. The molecule has 0 atom stereocenters. The van der Waals surface area contributed by atoms with Crippen molar-refractivity contribution in [3.63, 3.8) is 0 Å². The lowest BCUT2D eigenvalue weighted by Gasteiger charge is -2.14. The number of aromatic nitrogens is 1. The highest BCUT2D eigenvalue weighted by molar-refractivity contribution is 5.48. The molecule has 1 rings (SSSR count). The van der Waals surface area contributed by atoms with E-state index in [2.05, 4.69) is 10.3 Å². The Kier molecular flexibility index (Phi) is 3.19. The van der Waals surface area contributed by atoms with Crippen molar-refractivity contribution >= 4 is 11.5 Å². The second-order valence-electron chi connectivity index (χ2n) is 2.84. The van der Waals surface area contributed by atoms with Crippen LogP contribution in [0.25, 0.3) is 0 Å². The Morgan fingerprint density at radius 1 is 1.57 bits per heavy atom. The molecule has 4 nitrogen and oxygen atoms in total. The molecule has 0 aliphatic carbocycles. The van der Waals surface area contributed by atoms with Gasteiger partial charge in [0.2, 0.25) is 0 Å². The molecule has 0 radical (unpaired) electrons. The average molecular weight is 203 g/mol. The van der Waals surface area contributed by atoms with Gasteiger partial charge in [-0.2, -0.15) is 0 Å². The van der Waals surface area contributed by atoms with E-state index >= 15 is 0 Å². The molecule has 0 fully saturated rings. The molecule has 6 heteroatoms. The zero-order valence-corrected chi connectivity index (χ0v) is 7.37. The van der Waals surface area contributed by atoms with E-state index in [1.54, 1.807) is 6.07 Å². The van der Waals surface area contributed by atoms with Gasteiger partial charge >= 0.3 is 0 Å². The summed E-state index contributed by atoms with van der Waals surface area (Å²) in [4.78, 5) is 3.77. The lowest BCUT2D eigenvalue weighted by Crippen LogP contribution is -2.31. The van der Waals surface area contributed by atoms with Gasteiger partial charge in [0, 0.05) is 18.0 Å². The zero-order chi connectivity index (χ0) is 10.6. The predicted molar refractivity (Wildman–Crippen MR) is 49.2 cm³/mol. The maximum Gasteiger partial charge on any atom is 0.287 e. The van der Waals surface area contributed by atoms with Crippen LogP contribution < -0.4 is 11.1 Å². The number of anilines is 2. The van der Waals surface area contributed by atoms with E-state index in [1.807, 2.05) is 0 Å². The van der Waals surface area contributed by atoms with E-state index < -0.39 is 19.1 Å². The van der Waals surface area contributed by atoms with Crippen LogP contribution in [0.1, 0.15) is 0 Å². The minimum absolute atomic E-state index is 0.262. The number of nitrogens with two attached hydrogens (primary N) is 1. The summed E-state index contributed by atoms with van der Waals surface area (Å²) >= 11 is 0. The van der Waals surface area contributed by atoms with E-state index in [4.69, 9.17) is 10.8 Å². The number of hydrogen-bond donors (Lipinski definition) is 3. The van der Waals surface area contributed by atoms with E-state index in [-0.39, 0.29) is 5.82 Å². The number of rotatable bonds is 4. The van der Waals surface area contributed by atoms with Gasteiger partial charge in [-0.1, -0.05) is 0 Å². The molecular weight excluding hydrogens is 192 g/mol. The van der Waals surface area contributed by atoms with Crippen LogP contribution in [0.5, 0.6) is 0 Å². The summed E-state index contributed by atoms with van der Waals surface area (Å²) in [6.45, 7) is -1.86. The Labute approximate surface area is 79.8 Å². The van der Waals surface area contributed by atoms with Gasteiger partial charge in [-0.05, 0) is 6.07 Å². The fourth-order valence-electron chi connectivity index (χ4n) is 0.819. The number of pyridine rings is 1. The Balaban J connectivity index is 2.54. The maximum atomic E-state index is 12.6. The molecule has 0 saturated carbocycles. The maximum absolute atomic E-state index is 12.6. The fourth-order valence-corrected chi connectivity index (χ4v) is 0.819.